The molecule has 6 heteroatoms. The Hall–Kier alpha value is -0.850. The summed E-state index contributed by atoms with van der Waals surface area (Å²) in [6, 6.07) is 3.80. The fraction of sp³-hybridized carbons (Fsp3) is 0.647. The summed E-state index contributed by atoms with van der Waals surface area (Å²) in [6.45, 7) is 7.33. The summed E-state index contributed by atoms with van der Waals surface area (Å²) in [5.74, 6) is 0.998. The standard InChI is InChI=1S/C17H28ClNO4/c1-12(2)15-9-16(18)13(3)8-17(15)23-11-14(22)10-19(4-6-20)5-7-21/h8-9,12,14,20-22H,4-7,10-11H2,1-3H3. The second kappa shape index (κ2) is 10.1. The van der Waals surface area contributed by atoms with E-state index in [1.54, 1.807) is 4.90 Å². The SMILES string of the molecule is Cc1cc(OCC(O)CN(CCO)CCO)c(C(C)C)cc1Cl. The van der Waals surface area contributed by atoms with E-state index in [-0.39, 0.29) is 25.7 Å². The molecule has 0 heterocycles. The van der Waals surface area contributed by atoms with Crippen molar-refractivity contribution in [3.05, 3.63) is 28.3 Å². The molecule has 1 unspecified atom stereocenters. The Morgan fingerprint density at radius 3 is 2.30 bits per heavy atom. The van der Waals surface area contributed by atoms with Crippen LogP contribution in [0, 0.1) is 6.92 Å². The van der Waals surface area contributed by atoms with Gasteiger partial charge < -0.3 is 20.1 Å². The zero-order chi connectivity index (χ0) is 17.4. The van der Waals surface area contributed by atoms with Gasteiger partial charge in [-0.15, -0.1) is 0 Å². The van der Waals surface area contributed by atoms with Crippen LogP contribution in [-0.2, 0) is 0 Å². The zero-order valence-corrected chi connectivity index (χ0v) is 14.9. The van der Waals surface area contributed by atoms with Crippen molar-refractivity contribution in [1.29, 1.82) is 0 Å². The highest BCUT2D eigenvalue weighted by atomic mass is 35.5. The summed E-state index contributed by atoms with van der Waals surface area (Å²) in [6.07, 6.45) is -0.705. The summed E-state index contributed by atoms with van der Waals surface area (Å²) in [5, 5.41) is 28.8. The molecular weight excluding hydrogens is 318 g/mol. The Labute approximate surface area is 143 Å². The summed E-state index contributed by atoms with van der Waals surface area (Å²) >= 11 is 6.17. The van der Waals surface area contributed by atoms with Crippen LogP contribution in [0.15, 0.2) is 12.1 Å². The maximum Gasteiger partial charge on any atom is 0.123 e. The van der Waals surface area contributed by atoms with Crippen LogP contribution in [0.3, 0.4) is 0 Å². The van der Waals surface area contributed by atoms with Gasteiger partial charge in [0.25, 0.3) is 0 Å². The smallest absolute Gasteiger partial charge is 0.123 e. The number of benzene rings is 1. The molecule has 5 nitrogen and oxygen atoms in total. The van der Waals surface area contributed by atoms with E-state index in [0.29, 0.717) is 24.7 Å². The van der Waals surface area contributed by atoms with Crippen LogP contribution in [0.1, 0.15) is 30.9 Å². The summed E-state index contributed by atoms with van der Waals surface area (Å²) in [4.78, 5) is 1.80. The van der Waals surface area contributed by atoms with Crippen LogP contribution in [0.4, 0.5) is 0 Å². The maximum absolute atomic E-state index is 10.1. The van der Waals surface area contributed by atoms with Gasteiger partial charge in [-0.2, -0.15) is 0 Å². The lowest BCUT2D eigenvalue weighted by Gasteiger charge is -2.24. The third kappa shape index (κ3) is 6.65. The van der Waals surface area contributed by atoms with Crippen LogP contribution in [0.25, 0.3) is 0 Å². The minimum Gasteiger partial charge on any atom is -0.491 e. The molecule has 0 amide bonds. The molecular formula is C17H28ClNO4. The molecule has 132 valence electrons. The first-order valence-corrected chi connectivity index (χ1v) is 8.31. The van der Waals surface area contributed by atoms with Gasteiger partial charge in [-0.25, -0.2) is 0 Å². The van der Waals surface area contributed by atoms with Crippen molar-refractivity contribution in [3.63, 3.8) is 0 Å². The van der Waals surface area contributed by atoms with E-state index in [1.807, 2.05) is 19.1 Å². The van der Waals surface area contributed by atoms with E-state index in [2.05, 4.69) is 13.8 Å². The molecule has 0 spiro atoms. The molecule has 0 bridgehead atoms. The van der Waals surface area contributed by atoms with E-state index in [4.69, 9.17) is 26.6 Å². The van der Waals surface area contributed by atoms with Gasteiger partial charge in [-0.05, 0) is 36.1 Å². The predicted molar refractivity (Wildman–Crippen MR) is 92.4 cm³/mol. The number of aryl methyl sites for hydroxylation is 1. The average molecular weight is 346 g/mol. The van der Waals surface area contributed by atoms with Crippen LogP contribution in [-0.4, -0.2) is 65.8 Å². The fourth-order valence-electron chi connectivity index (χ4n) is 2.36. The van der Waals surface area contributed by atoms with E-state index in [9.17, 15) is 5.11 Å². The molecule has 0 aromatic heterocycles. The quantitative estimate of drug-likeness (QED) is 0.603. The Balaban J connectivity index is 2.68. The van der Waals surface area contributed by atoms with Gasteiger partial charge in [0.2, 0.25) is 0 Å². The fourth-order valence-corrected chi connectivity index (χ4v) is 2.53. The van der Waals surface area contributed by atoms with Gasteiger partial charge in [-0.3, -0.25) is 4.90 Å². The topological polar surface area (TPSA) is 73.2 Å². The highest BCUT2D eigenvalue weighted by Crippen LogP contribution is 2.32. The normalized spacial score (nSPS) is 12.9. The van der Waals surface area contributed by atoms with Gasteiger partial charge in [0, 0.05) is 24.7 Å². The Morgan fingerprint density at radius 1 is 1.17 bits per heavy atom. The molecule has 0 saturated heterocycles. The lowest BCUT2D eigenvalue weighted by Crippen LogP contribution is -2.38. The number of hydrogen-bond acceptors (Lipinski definition) is 5. The van der Waals surface area contributed by atoms with Crippen molar-refractivity contribution >= 4 is 11.6 Å². The molecule has 0 radical (unpaired) electrons. The van der Waals surface area contributed by atoms with Gasteiger partial charge in [0.15, 0.2) is 0 Å². The van der Waals surface area contributed by atoms with Crippen LogP contribution < -0.4 is 4.74 Å². The summed E-state index contributed by atoms with van der Waals surface area (Å²) in [7, 11) is 0. The molecule has 0 fully saturated rings. The van der Waals surface area contributed by atoms with Gasteiger partial charge >= 0.3 is 0 Å². The molecule has 23 heavy (non-hydrogen) atoms. The van der Waals surface area contributed by atoms with Crippen molar-refractivity contribution in [2.75, 3.05) is 39.5 Å². The number of ether oxygens (including phenoxy) is 1. The molecule has 1 aromatic carbocycles. The molecule has 1 rings (SSSR count). The molecule has 0 aliphatic rings. The number of aliphatic hydroxyl groups excluding tert-OH is 3. The van der Waals surface area contributed by atoms with Gasteiger partial charge in [0.1, 0.15) is 18.5 Å². The Bertz CT molecular complexity index is 476. The number of aliphatic hydroxyl groups is 3. The number of hydrogen-bond donors (Lipinski definition) is 3. The Kier molecular flexibility index (Phi) is 8.87. The Morgan fingerprint density at radius 2 is 1.78 bits per heavy atom. The first kappa shape index (κ1) is 20.2. The minimum absolute atomic E-state index is 0.0124. The monoisotopic (exact) mass is 345 g/mol. The van der Waals surface area contributed by atoms with Crippen molar-refractivity contribution in [1.82, 2.24) is 4.90 Å². The first-order valence-electron chi connectivity index (χ1n) is 7.94. The molecule has 1 aromatic rings. The number of nitrogens with zero attached hydrogens (tertiary/aromatic N) is 1. The summed E-state index contributed by atoms with van der Waals surface area (Å²) < 4.78 is 5.79. The van der Waals surface area contributed by atoms with Crippen molar-refractivity contribution in [2.45, 2.75) is 32.8 Å². The third-order valence-corrected chi connectivity index (χ3v) is 4.05. The second-order valence-electron chi connectivity index (χ2n) is 6.01. The molecule has 1 atom stereocenters. The highest BCUT2D eigenvalue weighted by molar-refractivity contribution is 6.31. The minimum atomic E-state index is -0.705. The highest BCUT2D eigenvalue weighted by Gasteiger charge is 2.15. The van der Waals surface area contributed by atoms with Crippen LogP contribution >= 0.6 is 11.6 Å². The van der Waals surface area contributed by atoms with E-state index < -0.39 is 6.10 Å². The third-order valence-electron chi connectivity index (χ3n) is 3.65. The zero-order valence-electron chi connectivity index (χ0n) is 14.1. The molecule has 0 aliphatic carbocycles. The van der Waals surface area contributed by atoms with Crippen molar-refractivity contribution < 1.29 is 20.1 Å². The van der Waals surface area contributed by atoms with Crippen molar-refractivity contribution in [2.24, 2.45) is 0 Å². The summed E-state index contributed by atoms with van der Waals surface area (Å²) in [5.41, 5.74) is 1.94. The molecule has 0 aliphatic heterocycles. The largest absolute Gasteiger partial charge is 0.491 e. The number of halogens is 1. The second-order valence-corrected chi connectivity index (χ2v) is 6.41. The molecule has 0 saturated carbocycles. The maximum atomic E-state index is 10.1. The van der Waals surface area contributed by atoms with Gasteiger partial charge in [0.05, 0.1) is 13.2 Å². The number of rotatable bonds is 10. The lowest BCUT2D eigenvalue weighted by molar-refractivity contribution is 0.0549. The average Bonchev–Trinajstić information content (AvgIpc) is 2.48. The van der Waals surface area contributed by atoms with Crippen LogP contribution in [0.2, 0.25) is 5.02 Å². The van der Waals surface area contributed by atoms with E-state index >= 15 is 0 Å². The van der Waals surface area contributed by atoms with Crippen LogP contribution in [0.5, 0.6) is 5.75 Å². The van der Waals surface area contributed by atoms with E-state index in [0.717, 1.165) is 16.9 Å². The van der Waals surface area contributed by atoms with Gasteiger partial charge in [-0.1, -0.05) is 25.4 Å². The van der Waals surface area contributed by atoms with E-state index in [1.165, 1.54) is 0 Å². The van der Waals surface area contributed by atoms with Crippen molar-refractivity contribution in [3.8, 4) is 5.75 Å². The first-order chi connectivity index (χ1) is 10.9. The predicted octanol–water partition coefficient (Wildman–Crippen LogP) is 1.80. The molecule has 3 N–H and O–H groups in total. The lowest BCUT2D eigenvalue weighted by atomic mass is 10.0.